The van der Waals surface area contributed by atoms with Crippen LogP contribution in [-0.2, 0) is 0 Å². The van der Waals surface area contributed by atoms with Gasteiger partial charge in [0.1, 0.15) is 5.75 Å². The maximum atomic E-state index is 6.18. The van der Waals surface area contributed by atoms with Gasteiger partial charge in [-0.2, -0.15) is 0 Å². The van der Waals surface area contributed by atoms with Crippen molar-refractivity contribution in [3.63, 3.8) is 0 Å². The molecule has 0 amide bonds. The van der Waals surface area contributed by atoms with E-state index in [-0.39, 0.29) is 0 Å². The summed E-state index contributed by atoms with van der Waals surface area (Å²) in [4.78, 5) is 0. The van der Waals surface area contributed by atoms with Crippen LogP contribution in [0.5, 0.6) is 5.75 Å². The molecule has 3 saturated carbocycles. The van der Waals surface area contributed by atoms with Crippen LogP contribution in [0, 0.1) is 48.3 Å². The molecule has 1 nitrogen and oxygen atoms in total. The number of allylic oxidation sites excluding steroid dienone is 2. The number of ether oxygens (including phenoxy) is 1. The fourth-order valence-corrected chi connectivity index (χ4v) is 6.26. The van der Waals surface area contributed by atoms with Gasteiger partial charge in [-0.3, -0.25) is 0 Å². The maximum absolute atomic E-state index is 6.18. The lowest BCUT2D eigenvalue weighted by Gasteiger charge is -2.36. The first-order chi connectivity index (χ1) is 10.3. The van der Waals surface area contributed by atoms with Crippen molar-refractivity contribution in [1.82, 2.24) is 0 Å². The Hall–Kier alpha value is -1.24. The molecule has 7 unspecified atom stereocenters. The lowest BCUT2D eigenvalue weighted by Crippen LogP contribution is -2.33. The molecule has 21 heavy (non-hydrogen) atoms. The van der Waals surface area contributed by atoms with E-state index in [0.717, 1.165) is 53.8 Å². The zero-order valence-electron chi connectivity index (χ0n) is 12.7. The summed E-state index contributed by atoms with van der Waals surface area (Å²) in [6.07, 6.45) is 9.45. The molecule has 0 saturated heterocycles. The summed E-state index contributed by atoms with van der Waals surface area (Å²) in [5, 5.41) is 0. The Bertz CT molecular complexity index is 589. The average Bonchev–Trinajstić information content (AvgIpc) is 3.24. The zero-order valence-corrected chi connectivity index (χ0v) is 12.7. The van der Waals surface area contributed by atoms with Crippen LogP contribution >= 0.6 is 0 Å². The Morgan fingerprint density at radius 2 is 1.81 bits per heavy atom. The van der Waals surface area contributed by atoms with Gasteiger partial charge in [0.05, 0.1) is 6.61 Å². The van der Waals surface area contributed by atoms with Gasteiger partial charge in [-0.25, -0.2) is 0 Å². The molecule has 110 valence electrons. The molecule has 4 aliphatic rings. The Labute approximate surface area is 127 Å². The molecule has 7 atom stereocenters. The molecule has 0 spiro atoms. The zero-order chi connectivity index (χ0) is 14.0. The monoisotopic (exact) mass is 280 g/mol. The van der Waals surface area contributed by atoms with Crippen molar-refractivity contribution in [2.45, 2.75) is 26.2 Å². The summed E-state index contributed by atoms with van der Waals surface area (Å²) in [5.74, 6) is 7.75. The Morgan fingerprint density at radius 3 is 2.67 bits per heavy atom. The Morgan fingerprint density at radius 1 is 1.00 bits per heavy atom. The van der Waals surface area contributed by atoms with Crippen LogP contribution < -0.4 is 4.74 Å². The number of benzene rings is 1. The molecule has 1 aromatic carbocycles. The smallest absolute Gasteiger partial charge is 0.122 e. The summed E-state index contributed by atoms with van der Waals surface area (Å²) in [5.41, 5.74) is 1.27. The van der Waals surface area contributed by atoms with E-state index in [9.17, 15) is 0 Å². The van der Waals surface area contributed by atoms with Gasteiger partial charge in [0.15, 0.2) is 0 Å². The van der Waals surface area contributed by atoms with Gasteiger partial charge in [0, 0.05) is 0 Å². The summed E-state index contributed by atoms with van der Waals surface area (Å²) >= 11 is 0. The molecule has 5 rings (SSSR count). The van der Waals surface area contributed by atoms with Crippen LogP contribution in [0.15, 0.2) is 36.4 Å². The molecular weight excluding hydrogens is 256 g/mol. The molecule has 1 heteroatoms. The van der Waals surface area contributed by atoms with Crippen molar-refractivity contribution < 1.29 is 4.74 Å². The quantitative estimate of drug-likeness (QED) is 0.586. The van der Waals surface area contributed by atoms with Crippen LogP contribution in [0.3, 0.4) is 0 Å². The minimum absolute atomic E-state index is 0.809. The molecule has 4 aliphatic carbocycles. The predicted octanol–water partition coefficient (Wildman–Crippen LogP) is 4.47. The topological polar surface area (TPSA) is 9.23 Å². The second-order valence-corrected chi connectivity index (χ2v) is 7.83. The highest BCUT2D eigenvalue weighted by Crippen LogP contribution is 2.66. The van der Waals surface area contributed by atoms with Gasteiger partial charge in [0.25, 0.3) is 0 Å². The van der Waals surface area contributed by atoms with E-state index in [2.05, 4.69) is 43.3 Å². The summed E-state index contributed by atoms with van der Waals surface area (Å²) < 4.78 is 6.18. The fraction of sp³-hybridized carbons (Fsp3) is 0.600. The summed E-state index contributed by atoms with van der Waals surface area (Å²) in [7, 11) is 0. The predicted molar refractivity (Wildman–Crippen MR) is 84.1 cm³/mol. The van der Waals surface area contributed by atoms with Gasteiger partial charge in [-0.05, 0) is 79.2 Å². The molecule has 0 aliphatic heterocycles. The summed E-state index contributed by atoms with van der Waals surface area (Å²) in [6.45, 7) is 3.09. The van der Waals surface area contributed by atoms with E-state index in [4.69, 9.17) is 4.74 Å². The normalized spacial score (nSPS) is 45.3. The van der Waals surface area contributed by atoms with Gasteiger partial charge in [-0.1, -0.05) is 30.4 Å². The number of aryl methyl sites for hydroxylation is 1. The highest BCUT2D eigenvalue weighted by Gasteiger charge is 2.60. The first-order valence-corrected chi connectivity index (χ1v) is 8.68. The number of hydrogen-bond donors (Lipinski definition) is 0. The van der Waals surface area contributed by atoms with E-state index < -0.39 is 0 Å². The molecular formula is C20H24O. The molecule has 3 fully saturated rings. The standard InChI is InChI=1S/C20H24O/c1-12-4-2-3-5-18(12)21-11-16-9-15-10-17(16)20-14-7-6-13(8-14)19(15)20/h2-7,13-17,19-20H,8-11H2,1H3. The fourth-order valence-electron chi connectivity index (χ4n) is 6.26. The van der Waals surface area contributed by atoms with Crippen molar-refractivity contribution in [2.75, 3.05) is 6.61 Å². The van der Waals surface area contributed by atoms with Crippen molar-refractivity contribution >= 4 is 0 Å². The lowest BCUT2D eigenvalue weighted by atomic mass is 9.69. The third kappa shape index (κ3) is 1.69. The van der Waals surface area contributed by atoms with E-state index in [1.54, 1.807) is 0 Å². The average molecular weight is 280 g/mol. The molecule has 0 heterocycles. The second kappa shape index (κ2) is 4.38. The molecule has 0 N–H and O–H groups in total. The minimum atomic E-state index is 0.809. The number of para-hydroxylation sites is 1. The van der Waals surface area contributed by atoms with Crippen molar-refractivity contribution in [3.05, 3.63) is 42.0 Å². The van der Waals surface area contributed by atoms with Gasteiger partial charge < -0.3 is 4.74 Å². The lowest BCUT2D eigenvalue weighted by molar-refractivity contribution is 0.108. The number of hydrogen-bond acceptors (Lipinski definition) is 1. The third-order valence-corrected chi connectivity index (χ3v) is 6.95. The largest absolute Gasteiger partial charge is 0.493 e. The van der Waals surface area contributed by atoms with E-state index in [0.29, 0.717) is 0 Å². The van der Waals surface area contributed by atoms with Crippen LogP contribution in [0.1, 0.15) is 24.8 Å². The second-order valence-electron chi connectivity index (χ2n) is 7.83. The van der Waals surface area contributed by atoms with Gasteiger partial charge in [-0.15, -0.1) is 0 Å². The van der Waals surface area contributed by atoms with E-state index in [1.165, 1.54) is 24.8 Å². The van der Waals surface area contributed by atoms with Gasteiger partial charge in [0.2, 0.25) is 0 Å². The van der Waals surface area contributed by atoms with E-state index in [1.807, 2.05) is 0 Å². The highest BCUT2D eigenvalue weighted by atomic mass is 16.5. The number of rotatable bonds is 3. The van der Waals surface area contributed by atoms with Gasteiger partial charge >= 0.3 is 0 Å². The first kappa shape index (κ1) is 12.3. The van der Waals surface area contributed by atoms with Crippen molar-refractivity contribution in [2.24, 2.45) is 41.4 Å². The first-order valence-electron chi connectivity index (χ1n) is 8.68. The third-order valence-electron chi connectivity index (χ3n) is 6.95. The van der Waals surface area contributed by atoms with Crippen LogP contribution in [0.25, 0.3) is 0 Å². The Balaban J connectivity index is 1.30. The minimum Gasteiger partial charge on any atom is -0.493 e. The van der Waals surface area contributed by atoms with E-state index >= 15 is 0 Å². The Kier molecular flexibility index (Phi) is 2.57. The maximum Gasteiger partial charge on any atom is 0.122 e. The SMILES string of the molecule is Cc1ccccc1OCC1CC2CC1C1C3C=CC(C3)C21. The van der Waals surface area contributed by atoms with Crippen LogP contribution in [0.2, 0.25) is 0 Å². The number of fused-ring (bicyclic) bond motifs is 9. The molecule has 4 bridgehead atoms. The molecule has 1 aromatic rings. The van der Waals surface area contributed by atoms with Crippen molar-refractivity contribution in [3.8, 4) is 5.75 Å². The highest BCUT2D eigenvalue weighted by molar-refractivity contribution is 5.31. The van der Waals surface area contributed by atoms with Crippen molar-refractivity contribution in [1.29, 1.82) is 0 Å². The van der Waals surface area contributed by atoms with Crippen LogP contribution in [0.4, 0.5) is 0 Å². The summed E-state index contributed by atoms with van der Waals surface area (Å²) in [6, 6.07) is 8.43. The molecule has 0 aromatic heterocycles. The van der Waals surface area contributed by atoms with Crippen LogP contribution in [-0.4, -0.2) is 6.61 Å². The molecule has 0 radical (unpaired) electrons.